The summed E-state index contributed by atoms with van der Waals surface area (Å²) >= 11 is 0. The lowest BCUT2D eigenvalue weighted by atomic mass is 9.99. The fourth-order valence-electron chi connectivity index (χ4n) is 3.34. The first-order chi connectivity index (χ1) is 14.2. The summed E-state index contributed by atoms with van der Waals surface area (Å²) < 4.78 is 32.3. The molecule has 0 amide bonds. The van der Waals surface area contributed by atoms with Crippen molar-refractivity contribution in [1.82, 2.24) is 4.98 Å². The number of H-pyrrole nitrogens is 1. The minimum atomic E-state index is -0.768. The van der Waals surface area contributed by atoms with E-state index in [1.54, 1.807) is 31.2 Å². The van der Waals surface area contributed by atoms with E-state index in [9.17, 15) is 18.4 Å². The average molecular weight is 411 g/mol. The summed E-state index contributed by atoms with van der Waals surface area (Å²) in [6.45, 7) is 5.42. The van der Waals surface area contributed by atoms with Crippen LogP contribution in [-0.4, -0.2) is 10.8 Å². The summed E-state index contributed by atoms with van der Waals surface area (Å²) in [4.78, 5) is 27.4. The second kappa shape index (κ2) is 9.03. The van der Waals surface area contributed by atoms with Crippen molar-refractivity contribution in [3.05, 3.63) is 98.5 Å². The fraction of sp³-hybridized carbons (Fsp3) is 0.250. The average Bonchev–Trinajstić information content (AvgIpc) is 2.69. The van der Waals surface area contributed by atoms with Gasteiger partial charge in [-0.15, -0.1) is 0 Å². The number of hydrogen-bond acceptors (Lipinski definition) is 3. The number of aromatic nitrogens is 1. The van der Waals surface area contributed by atoms with Crippen molar-refractivity contribution in [2.45, 2.75) is 39.7 Å². The van der Waals surface area contributed by atoms with Crippen LogP contribution >= 0.6 is 0 Å². The first-order valence-electron chi connectivity index (χ1n) is 9.69. The van der Waals surface area contributed by atoms with Crippen molar-refractivity contribution in [1.29, 1.82) is 0 Å². The van der Waals surface area contributed by atoms with Crippen LogP contribution in [0.1, 0.15) is 52.2 Å². The van der Waals surface area contributed by atoms with Crippen LogP contribution in [0.5, 0.6) is 5.75 Å². The van der Waals surface area contributed by atoms with Crippen LogP contribution in [0.4, 0.5) is 8.78 Å². The van der Waals surface area contributed by atoms with Gasteiger partial charge in [-0.05, 0) is 56.5 Å². The number of rotatable bonds is 7. The number of aromatic amines is 1. The number of benzene rings is 2. The smallest absolute Gasteiger partial charge is 0.251 e. The molecule has 156 valence electrons. The van der Waals surface area contributed by atoms with Crippen LogP contribution in [0, 0.1) is 25.5 Å². The summed E-state index contributed by atoms with van der Waals surface area (Å²) in [5.74, 6) is -1.55. The highest BCUT2D eigenvalue weighted by Gasteiger charge is 2.14. The summed E-state index contributed by atoms with van der Waals surface area (Å²) in [6, 6.07) is 11.9. The Kier molecular flexibility index (Phi) is 6.45. The lowest BCUT2D eigenvalue weighted by molar-refractivity contribution is 0.0982. The van der Waals surface area contributed by atoms with Crippen molar-refractivity contribution in [3.63, 3.8) is 0 Å². The third-order valence-electron chi connectivity index (χ3n) is 5.00. The van der Waals surface area contributed by atoms with Gasteiger partial charge in [0.2, 0.25) is 0 Å². The second-order valence-electron chi connectivity index (χ2n) is 7.32. The number of ketones is 1. The van der Waals surface area contributed by atoms with Crippen LogP contribution in [-0.2, 0) is 6.42 Å². The summed E-state index contributed by atoms with van der Waals surface area (Å²) in [6.07, 6.45) is 0.104. The lowest BCUT2D eigenvalue weighted by Crippen LogP contribution is -2.17. The normalized spacial score (nSPS) is 11.9. The maximum atomic E-state index is 13.8. The highest BCUT2D eigenvalue weighted by atomic mass is 19.1. The molecule has 0 aliphatic heterocycles. The lowest BCUT2D eigenvalue weighted by Gasteiger charge is -2.16. The van der Waals surface area contributed by atoms with Gasteiger partial charge in [-0.25, -0.2) is 8.78 Å². The minimum absolute atomic E-state index is 0.0391. The van der Waals surface area contributed by atoms with Gasteiger partial charge in [-0.2, -0.15) is 0 Å². The molecule has 0 fully saturated rings. The number of halogens is 2. The third kappa shape index (κ3) is 5.00. The summed E-state index contributed by atoms with van der Waals surface area (Å²) in [7, 11) is 0. The van der Waals surface area contributed by atoms with Crippen molar-refractivity contribution >= 4 is 5.78 Å². The fourth-order valence-corrected chi connectivity index (χ4v) is 3.34. The highest BCUT2D eigenvalue weighted by Crippen LogP contribution is 2.25. The first kappa shape index (κ1) is 21.4. The van der Waals surface area contributed by atoms with E-state index >= 15 is 0 Å². The highest BCUT2D eigenvalue weighted by molar-refractivity contribution is 5.96. The molecule has 3 rings (SSSR count). The quantitative estimate of drug-likeness (QED) is 0.542. The molecule has 0 aliphatic carbocycles. The van der Waals surface area contributed by atoms with Crippen LogP contribution < -0.4 is 10.3 Å². The van der Waals surface area contributed by atoms with Gasteiger partial charge >= 0.3 is 0 Å². The number of carbonyl (C=O) groups is 1. The molecule has 2 aromatic carbocycles. The van der Waals surface area contributed by atoms with Crippen molar-refractivity contribution < 1.29 is 18.3 Å². The molecule has 1 atom stereocenters. The predicted octanol–water partition coefficient (Wildman–Crippen LogP) is 5.23. The van der Waals surface area contributed by atoms with E-state index in [0.717, 1.165) is 29.0 Å². The Morgan fingerprint density at radius 2 is 1.77 bits per heavy atom. The molecule has 0 unspecified atom stereocenters. The molecule has 0 radical (unpaired) electrons. The molecule has 1 aromatic heterocycles. The van der Waals surface area contributed by atoms with Gasteiger partial charge in [0.15, 0.2) is 17.3 Å². The van der Waals surface area contributed by atoms with Gasteiger partial charge in [0.25, 0.3) is 5.56 Å². The number of Topliss-reactive ketones (excluding diaryl/α,β-unsaturated/α-hetero) is 1. The van der Waals surface area contributed by atoms with Gasteiger partial charge < -0.3 is 9.72 Å². The van der Waals surface area contributed by atoms with E-state index in [-0.39, 0.29) is 23.5 Å². The largest absolute Gasteiger partial charge is 0.483 e. The molecule has 6 heteroatoms. The van der Waals surface area contributed by atoms with Gasteiger partial charge in [-0.3, -0.25) is 9.59 Å². The van der Waals surface area contributed by atoms with Crippen LogP contribution in [0.2, 0.25) is 0 Å². The Labute approximate surface area is 173 Å². The van der Waals surface area contributed by atoms with Gasteiger partial charge in [0.1, 0.15) is 11.9 Å². The zero-order valence-electron chi connectivity index (χ0n) is 17.1. The van der Waals surface area contributed by atoms with Gasteiger partial charge in [0, 0.05) is 29.3 Å². The Bertz CT molecular complexity index is 1120. The van der Waals surface area contributed by atoms with E-state index in [0.29, 0.717) is 17.5 Å². The molecule has 0 aliphatic rings. The number of hydrogen-bond donors (Lipinski definition) is 1. The third-order valence-corrected chi connectivity index (χ3v) is 5.00. The molecule has 0 bridgehead atoms. The Morgan fingerprint density at radius 3 is 2.40 bits per heavy atom. The molecule has 1 heterocycles. The number of aryl methyl sites for hydroxylation is 2. The van der Waals surface area contributed by atoms with Crippen LogP contribution in [0.3, 0.4) is 0 Å². The van der Waals surface area contributed by atoms with E-state index in [2.05, 4.69) is 4.98 Å². The van der Waals surface area contributed by atoms with E-state index < -0.39 is 17.7 Å². The maximum absolute atomic E-state index is 13.8. The SMILES string of the molecule is Cc1cc(C)c(CCC(=O)c2ccc([C@@H](C)Oc3ccc(F)cc3F)cc2)c(=O)[nH]1. The zero-order valence-corrected chi connectivity index (χ0v) is 17.1. The minimum Gasteiger partial charge on any atom is -0.483 e. The zero-order chi connectivity index (χ0) is 21.8. The first-order valence-corrected chi connectivity index (χ1v) is 9.69. The monoisotopic (exact) mass is 411 g/mol. The van der Waals surface area contributed by atoms with E-state index in [1.807, 2.05) is 19.9 Å². The van der Waals surface area contributed by atoms with Crippen molar-refractivity contribution in [2.24, 2.45) is 0 Å². The van der Waals surface area contributed by atoms with E-state index in [4.69, 9.17) is 4.74 Å². The number of pyridine rings is 1. The van der Waals surface area contributed by atoms with E-state index in [1.165, 1.54) is 6.07 Å². The predicted molar refractivity (Wildman–Crippen MR) is 111 cm³/mol. The molecule has 3 aromatic rings. The maximum Gasteiger partial charge on any atom is 0.251 e. The molecule has 0 saturated heterocycles. The number of carbonyl (C=O) groups excluding carboxylic acids is 1. The van der Waals surface area contributed by atoms with Crippen LogP contribution in [0.15, 0.2) is 53.3 Å². The van der Waals surface area contributed by atoms with Crippen LogP contribution in [0.25, 0.3) is 0 Å². The molecule has 1 N–H and O–H groups in total. The molecule has 0 spiro atoms. The van der Waals surface area contributed by atoms with Crippen molar-refractivity contribution in [2.75, 3.05) is 0 Å². The second-order valence-corrected chi connectivity index (χ2v) is 7.32. The molecule has 4 nitrogen and oxygen atoms in total. The molecular formula is C24H23F2NO3. The van der Waals surface area contributed by atoms with Gasteiger partial charge in [-0.1, -0.05) is 24.3 Å². The number of ether oxygens (including phenoxy) is 1. The van der Waals surface area contributed by atoms with Gasteiger partial charge in [0.05, 0.1) is 0 Å². The number of nitrogens with one attached hydrogen (secondary N) is 1. The molecule has 30 heavy (non-hydrogen) atoms. The standard InChI is InChI=1S/C24H23F2NO3/c1-14-12-15(2)27-24(29)20(14)9-10-22(28)18-6-4-17(5-7-18)16(3)30-23-11-8-19(25)13-21(23)26/h4-8,11-13,16H,9-10H2,1-3H3,(H,27,29)/t16-/m1/s1. The molecule has 0 saturated carbocycles. The summed E-state index contributed by atoms with van der Waals surface area (Å²) in [5, 5.41) is 0. The summed E-state index contributed by atoms with van der Waals surface area (Å²) in [5.41, 5.74) is 3.41. The Morgan fingerprint density at radius 1 is 1.07 bits per heavy atom. The Balaban J connectivity index is 1.64. The van der Waals surface area contributed by atoms with Crippen molar-refractivity contribution in [3.8, 4) is 5.75 Å². The topological polar surface area (TPSA) is 59.2 Å². The Hall–Kier alpha value is -3.28. The molecular weight excluding hydrogens is 388 g/mol.